The van der Waals surface area contributed by atoms with Crippen molar-refractivity contribution in [1.82, 2.24) is 16.0 Å². The van der Waals surface area contributed by atoms with E-state index in [-0.39, 0.29) is 5.91 Å². The van der Waals surface area contributed by atoms with E-state index in [4.69, 9.17) is 5.73 Å². The van der Waals surface area contributed by atoms with E-state index in [2.05, 4.69) is 16.0 Å². The molecule has 7 nitrogen and oxygen atoms in total. The lowest BCUT2D eigenvalue weighted by Crippen LogP contribution is -2.52. The maximum absolute atomic E-state index is 12.5. The lowest BCUT2D eigenvalue weighted by Gasteiger charge is -2.31. The SMILES string of the molecule is CCC(CC)(CN)NC(=O)c1ccc(C2(C)NC(=O)NC2=O)cc1. The number of rotatable bonds is 6. The molecule has 1 fully saturated rings. The van der Waals surface area contributed by atoms with Crippen molar-refractivity contribution >= 4 is 17.8 Å². The standard InChI is InChI=1S/C17H24N4O3/c1-4-17(5-2,10-18)20-13(22)11-6-8-12(9-7-11)16(3)14(23)19-15(24)21-16/h6-9H,4-5,10,18H2,1-3H3,(H,20,22)(H2,19,21,23,24). The van der Waals surface area contributed by atoms with Crippen LogP contribution in [0.2, 0.25) is 0 Å². The van der Waals surface area contributed by atoms with Crippen LogP contribution in [0.1, 0.15) is 49.5 Å². The molecule has 0 bridgehead atoms. The number of amides is 4. The van der Waals surface area contributed by atoms with Gasteiger partial charge in [0.1, 0.15) is 5.54 Å². The minimum absolute atomic E-state index is 0.208. The zero-order chi connectivity index (χ0) is 18.0. The first-order chi connectivity index (χ1) is 11.3. The van der Waals surface area contributed by atoms with Gasteiger partial charge in [-0.2, -0.15) is 0 Å². The zero-order valence-electron chi connectivity index (χ0n) is 14.2. The third kappa shape index (κ3) is 3.12. The summed E-state index contributed by atoms with van der Waals surface area (Å²) in [6.07, 6.45) is 1.49. The first-order valence-corrected chi connectivity index (χ1v) is 8.07. The first kappa shape index (κ1) is 17.9. The second-order valence-corrected chi connectivity index (χ2v) is 6.26. The Kier molecular flexibility index (Phi) is 4.94. The van der Waals surface area contributed by atoms with Gasteiger partial charge in [0.05, 0.1) is 5.54 Å². The first-order valence-electron chi connectivity index (χ1n) is 8.07. The number of hydrogen-bond donors (Lipinski definition) is 4. The predicted molar refractivity (Wildman–Crippen MR) is 90.3 cm³/mol. The molecule has 0 aliphatic carbocycles. The largest absolute Gasteiger partial charge is 0.345 e. The molecule has 4 amide bonds. The van der Waals surface area contributed by atoms with Crippen molar-refractivity contribution in [2.75, 3.05) is 6.54 Å². The molecule has 0 aromatic heterocycles. The van der Waals surface area contributed by atoms with Gasteiger partial charge in [-0.15, -0.1) is 0 Å². The van der Waals surface area contributed by atoms with Crippen LogP contribution in [-0.4, -0.2) is 29.9 Å². The van der Waals surface area contributed by atoms with Crippen molar-refractivity contribution in [2.45, 2.75) is 44.7 Å². The zero-order valence-corrected chi connectivity index (χ0v) is 14.2. The fourth-order valence-electron chi connectivity index (χ4n) is 2.78. The van der Waals surface area contributed by atoms with Crippen LogP contribution < -0.4 is 21.7 Å². The van der Waals surface area contributed by atoms with E-state index in [1.165, 1.54) is 0 Å². The topological polar surface area (TPSA) is 113 Å². The lowest BCUT2D eigenvalue weighted by molar-refractivity contribution is -0.123. The fourth-order valence-corrected chi connectivity index (χ4v) is 2.78. The van der Waals surface area contributed by atoms with Crippen LogP contribution >= 0.6 is 0 Å². The summed E-state index contributed by atoms with van der Waals surface area (Å²) in [5, 5.41) is 7.81. The average Bonchev–Trinajstić information content (AvgIpc) is 2.86. The van der Waals surface area contributed by atoms with E-state index in [0.29, 0.717) is 17.7 Å². The van der Waals surface area contributed by atoms with E-state index < -0.39 is 23.0 Å². The van der Waals surface area contributed by atoms with E-state index in [0.717, 1.165) is 12.8 Å². The van der Waals surface area contributed by atoms with Crippen LogP contribution in [0.5, 0.6) is 0 Å². The van der Waals surface area contributed by atoms with E-state index in [1.807, 2.05) is 13.8 Å². The Bertz CT molecular complexity index is 644. The molecule has 1 heterocycles. The molecule has 7 heteroatoms. The second-order valence-electron chi connectivity index (χ2n) is 6.26. The Hall–Kier alpha value is -2.41. The molecule has 130 valence electrons. The molecule has 1 aliphatic rings. The van der Waals surface area contributed by atoms with Crippen molar-refractivity contribution in [3.8, 4) is 0 Å². The van der Waals surface area contributed by atoms with Crippen LogP contribution in [-0.2, 0) is 10.3 Å². The van der Waals surface area contributed by atoms with Crippen LogP contribution in [0.25, 0.3) is 0 Å². The summed E-state index contributed by atoms with van der Waals surface area (Å²) in [7, 11) is 0. The van der Waals surface area contributed by atoms with Gasteiger partial charge in [0, 0.05) is 12.1 Å². The molecule has 0 saturated carbocycles. The number of nitrogens with two attached hydrogens (primary N) is 1. The summed E-state index contributed by atoms with van der Waals surface area (Å²) in [6, 6.07) is 6.09. The van der Waals surface area contributed by atoms with Crippen molar-refractivity contribution < 1.29 is 14.4 Å². The van der Waals surface area contributed by atoms with Crippen molar-refractivity contribution in [3.05, 3.63) is 35.4 Å². The summed E-state index contributed by atoms with van der Waals surface area (Å²) in [6.45, 7) is 5.97. The highest BCUT2D eigenvalue weighted by Crippen LogP contribution is 2.24. The maximum Gasteiger partial charge on any atom is 0.322 e. The van der Waals surface area contributed by atoms with E-state index in [9.17, 15) is 14.4 Å². The Morgan fingerprint density at radius 2 is 1.79 bits per heavy atom. The van der Waals surface area contributed by atoms with E-state index in [1.54, 1.807) is 31.2 Å². The molecule has 24 heavy (non-hydrogen) atoms. The maximum atomic E-state index is 12.5. The molecule has 1 aromatic rings. The predicted octanol–water partition coefficient (Wildman–Crippen LogP) is 0.989. The van der Waals surface area contributed by atoms with Gasteiger partial charge in [0.2, 0.25) is 0 Å². The highest BCUT2D eigenvalue weighted by atomic mass is 16.2. The molecule has 1 unspecified atom stereocenters. The molecule has 1 aromatic carbocycles. The monoisotopic (exact) mass is 332 g/mol. The number of nitrogens with one attached hydrogen (secondary N) is 3. The van der Waals surface area contributed by atoms with Gasteiger partial charge >= 0.3 is 6.03 Å². The van der Waals surface area contributed by atoms with Crippen LogP contribution in [0.3, 0.4) is 0 Å². The number of carbonyl (C=O) groups is 3. The molecule has 0 radical (unpaired) electrons. The highest BCUT2D eigenvalue weighted by Gasteiger charge is 2.43. The van der Waals surface area contributed by atoms with E-state index >= 15 is 0 Å². The number of hydrogen-bond acceptors (Lipinski definition) is 4. The molecular weight excluding hydrogens is 308 g/mol. The lowest BCUT2D eigenvalue weighted by atomic mass is 9.90. The summed E-state index contributed by atoms with van der Waals surface area (Å²) in [5.74, 6) is -0.621. The molecule has 2 rings (SSSR count). The number of imide groups is 1. The van der Waals surface area contributed by atoms with Gasteiger partial charge in [-0.05, 0) is 37.5 Å². The van der Waals surface area contributed by atoms with Crippen molar-refractivity contribution in [1.29, 1.82) is 0 Å². The minimum Gasteiger partial charge on any atom is -0.345 e. The van der Waals surface area contributed by atoms with Crippen LogP contribution in [0.15, 0.2) is 24.3 Å². The Labute approximate surface area is 141 Å². The average molecular weight is 332 g/mol. The Morgan fingerprint density at radius 1 is 1.21 bits per heavy atom. The Balaban J connectivity index is 2.19. The van der Waals surface area contributed by atoms with Gasteiger partial charge in [-0.3, -0.25) is 14.9 Å². The molecule has 1 aliphatic heterocycles. The molecule has 1 saturated heterocycles. The molecule has 1 atom stereocenters. The number of carbonyl (C=O) groups excluding carboxylic acids is 3. The second kappa shape index (κ2) is 6.60. The molecule has 0 spiro atoms. The number of urea groups is 1. The summed E-state index contributed by atoms with van der Waals surface area (Å²) in [4.78, 5) is 35.7. The summed E-state index contributed by atoms with van der Waals surface area (Å²) < 4.78 is 0. The van der Waals surface area contributed by atoms with Gasteiger partial charge in [-0.1, -0.05) is 26.0 Å². The minimum atomic E-state index is -1.13. The number of benzene rings is 1. The summed E-state index contributed by atoms with van der Waals surface area (Å²) in [5.41, 5.74) is 5.36. The quantitative estimate of drug-likeness (QED) is 0.582. The molecule has 5 N–H and O–H groups in total. The highest BCUT2D eigenvalue weighted by molar-refractivity contribution is 6.07. The van der Waals surface area contributed by atoms with Gasteiger partial charge in [-0.25, -0.2) is 4.79 Å². The van der Waals surface area contributed by atoms with Gasteiger partial charge < -0.3 is 16.4 Å². The smallest absolute Gasteiger partial charge is 0.322 e. The van der Waals surface area contributed by atoms with Crippen molar-refractivity contribution in [3.63, 3.8) is 0 Å². The fraction of sp³-hybridized carbons (Fsp3) is 0.471. The summed E-state index contributed by atoms with van der Waals surface area (Å²) >= 11 is 0. The van der Waals surface area contributed by atoms with Crippen LogP contribution in [0, 0.1) is 0 Å². The van der Waals surface area contributed by atoms with Crippen molar-refractivity contribution in [2.24, 2.45) is 5.73 Å². The van der Waals surface area contributed by atoms with Gasteiger partial charge in [0.25, 0.3) is 11.8 Å². The Morgan fingerprint density at radius 3 is 2.21 bits per heavy atom. The van der Waals surface area contributed by atoms with Crippen LogP contribution in [0.4, 0.5) is 4.79 Å². The molecular formula is C17H24N4O3. The van der Waals surface area contributed by atoms with Gasteiger partial charge in [0.15, 0.2) is 0 Å². The third-order valence-electron chi connectivity index (χ3n) is 4.89. The third-order valence-corrected chi connectivity index (χ3v) is 4.89. The normalized spacial score (nSPS) is 20.5.